The molecule has 2 atom stereocenters. The third-order valence-electron chi connectivity index (χ3n) is 3.20. The summed E-state index contributed by atoms with van der Waals surface area (Å²) in [5, 5.41) is 5.57. The topological polar surface area (TPSA) is 32.3 Å². The van der Waals surface area contributed by atoms with Crippen LogP contribution in [0.25, 0.3) is 0 Å². The van der Waals surface area contributed by atoms with Crippen LogP contribution in [0.2, 0.25) is 0 Å². The van der Waals surface area contributed by atoms with Crippen LogP contribution in [0.3, 0.4) is 0 Å². The molecule has 0 radical (unpaired) electrons. The summed E-state index contributed by atoms with van der Waals surface area (Å²) in [5.41, 5.74) is 1.30. The molecule has 0 aliphatic carbocycles. The molecule has 2 rings (SSSR count). The monoisotopic (exact) mass is 284 g/mol. The fourth-order valence-corrected chi connectivity index (χ4v) is 4.72. The van der Waals surface area contributed by atoms with Gasteiger partial charge in [0, 0.05) is 11.4 Å². The number of hydrogen-bond donors (Lipinski definition) is 1. The first-order valence-electron chi connectivity index (χ1n) is 6.29. The maximum atomic E-state index is 12.2. The number of hydrogen-bond acceptors (Lipinski definition) is 4. The van der Waals surface area contributed by atoms with Crippen LogP contribution in [0.15, 0.2) is 11.4 Å². The average Bonchev–Trinajstić information content (AvgIpc) is 2.87. The van der Waals surface area contributed by atoms with Crippen molar-refractivity contribution in [2.45, 2.75) is 30.9 Å². The zero-order valence-corrected chi connectivity index (χ0v) is 12.7. The van der Waals surface area contributed by atoms with Gasteiger partial charge in [0.25, 0.3) is 0 Å². The van der Waals surface area contributed by atoms with Crippen LogP contribution in [0.5, 0.6) is 0 Å². The Morgan fingerprint density at radius 2 is 2.28 bits per heavy atom. The van der Waals surface area contributed by atoms with E-state index < -0.39 is 0 Å². The van der Waals surface area contributed by atoms with Gasteiger partial charge in [0.15, 0.2) is 0 Å². The summed E-state index contributed by atoms with van der Waals surface area (Å²) in [6.45, 7) is 5.95. The van der Waals surface area contributed by atoms with Gasteiger partial charge in [0.2, 0.25) is 5.91 Å². The molecule has 100 valence electrons. The van der Waals surface area contributed by atoms with Gasteiger partial charge in [-0.25, -0.2) is 0 Å². The van der Waals surface area contributed by atoms with Crippen LogP contribution >= 0.6 is 23.1 Å². The van der Waals surface area contributed by atoms with E-state index in [4.69, 9.17) is 0 Å². The zero-order chi connectivity index (χ0) is 13.1. The Kier molecular flexibility index (Phi) is 4.70. The van der Waals surface area contributed by atoms with Crippen LogP contribution in [-0.2, 0) is 4.79 Å². The summed E-state index contributed by atoms with van der Waals surface area (Å²) in [6.07, 6.45) is 1.01. The molecule has 1 amide bonds. The molecule has 1 aliphatic heterocycles. The number of thioether (sulfide) groups is 1. The Bertz CT molecular complexity index is 419. The molecular weight excluding hydrogens is 264 g/mol. The van der Waals surface area contributed by atoms with Gasteiger partial charge in [-0.2, -0.15) is 0 Å². The molecule has 1 aromatic rings. The van der Waals surface area contributed by atoms with Gasteiger partial charge >= 0.3 is 0 Å². The molecule has 1 aliphatic rings. The smallest absolute Gasteiger partial charge is 0.236 e. The van der Waals surface area contributed by atoms with Crippen LogP contribution in [0, 0.1) is 6.92 Å². The summed E-state index contributed by atoms with van der Waals surface area (Å²) >= 11 is 3.54. The van der Waals surface area contributed by atoms with E-state index in [0.29, 0.717) is 0 Å². The molecule has 2 heterocycles. The number of aryl methyl sites for hydroxylation is 1. The Hall–Kier alpha value is -0.520. The summed E-state index contributed by atoms with van der Waals surface area (Å²) in [6, 6.07) is 2.14. The lowest BCUT2D eigenvalue weighted by Gasteiger charge is -2.23. The highest BCUT2D eigenvalue weighted by Crippen LogP contribution is 2.45. The van der Waals surface area contributed by atoms with E-state index in [1.54, 1.807) is 23.1 Å². The summed E-state index contributed by atoms with van der Waals surface area (Å²) < 4.78 is 0. The molecule has 1 N–H and O–H groups in total. The number of rotatable bonds is 5. The second kappa shape index (κ2) is 6.08. The fraction of sp³-hybridized carbons (Fsp3) is 0.615. The van der Waals surface area contributed by atoms with Gasteiger partial charge in [0.05, 0.1) is 5.25 Å². The van der Waals surface area contributed by atoms with Gasteiger partial charge in [0.1, 0.15) is 5.37 Å². The number of thiophene rings is 1. The molecule has 1 fully saturated rings. The molecule has 0 bridgehead atoms. The molecule has 1 aromatic heterocycles. The van der Waals surface area contributed by atoms with E-state index in [9.17, 15) is 4.79 Å². The van der Waals surface area contributed by atoms with Crippen molar-refractivity contribution in [2.75, 3.05) is 20.1 Å². The highest BCUT2D eigenvalue weighted by Gasteiger charge is 2.39. The lowest BCUT2D eigenvalue weighted by molar-refractivity contribution is -0.129. The lowest BCUT2D eigenvalue weighted by Crippen LogP contribution is -2.32. The maximum Gasteiger partial charge on any atom is 0.236 e. The van der Waals surface area contributed by atoms with E-state index in [1.807, 2.05) is 18.9 Å². The predicted octanol–water partition coefficient (Wildman–Crippen LogP) is 2.63. The summed E-state index contributed by atoms with van der Waals surface area (Å²) in [4.78, 5) is 15.6. The van der Waals surface area contributed by atoms with Crippen molar-refractivity contribution in [2.24, 2.45) is 0 Å². The SMILES string of the molecule is CNCCCN1C(=O)[C@@H](C)S[C@@H]1c1sccc1C. The van der Waals surface area contributed by atoms with Gasteiger partial charge in [-0.15, -0.1) is 23.1 Å². The number of nitrogens with zero attached hydrogens (tertiary/aromatic N) is 1. The minimum Gasteiger partial charge on any atom is -0.325 e. The molecule has 0 spiro atoms. The standard InChI is InChI=1S/C13H20N2OS2/c1-9-5-8-17-11(9)13-15(7-4-6-14-3)12(16)10(2)18-13/h5,8,10,13-14H,4,6-7H2,1-3H3/t10-,13-/m1/s1. The second-order valence-electron chi connectivity index (χ2n) is 4.59. The largest absolute Gasteiger partial charge is 0.325 e. The zero-order valence-electron chi connectivity index (χ0n) is 11.1. The van der Waals surface area contributed by atoms with Crippen molar-refractivity contribution < 1.29 is 4.79 Å². The van der Waals surface area contributed by atoms with Crippen molar-refractivity contribution in [3.8, 4) is 0 Å². The van der Waals surface area contributed by atoms with Crippen LogP contribution < -0.4 is 5.32 Å². The van der Waals surface area contributed by atoms with E-state index in [2.05, 4.69) is 23.7 Å². The van der Waals surface area contributed by atoms with Crippen molar-refractivity contribution in [1.82, 2.24) is 10.2 Å². The molecule has 5 heteroatoms. The first-order chi connectivity index (χ1) is 8.65. The fourth-order valence-electron chi connectivity index (χ4n) is 2.17. The van der Waals surface area contributed by atoms with Crippen LogP contribution in [-0.4, -0.2) is 36.2 Å². The molecule has 3 nitrogen and oxygen atoms in total. The van der Waals surface area contributed by atoms with Crippen molar-refractivity contribution in [1.29, 1.82) is 0 Å². The first kappa shape index (κ1) is 13.9. The van der Waals surface area contributed by atoms with E-state index in [-0.39, 0.29) is 16.5 Å². The summed E-state index contributed by atoms with van der Waals surface area (Å²) in [5.74, 6) is 0.286. The predicted molar refractivity (Wildman–Crippen MR) is 79.1 cm³/mol. The third kappa shape index (κ3) is 2.73. The van der Waals surface area contributed by atoms with Crippen LogP contribution in [0.1, 0.15) is 29.2 Å². The highest BCUT2D eigenvalue weighted by atomic mass is 32.2. The number of carbonyl (C=O) groups is 1. The van der Waals surface area contributed by atoms with E-state index in [1.165, 1.54) is 10.4 Å². The molecule has 18 heavy (non-hydrogen) atoms. The van der Waals surface area contributed by atoms with Crippen molar-refractivity contribution >= 4 is 29.0 Å². The van der Waals surface area contributed by atoms with E-state index >= 15 is 0 Å². The Labute approximate surface area is 117 Å². The number of carbonyl (C=O) groups excluding carboxylic acids is 1. The number of amides is 1. The van der Waals surface area contributed by atoms with Gasteiger partial charge < -0.3 is 10.2 Å². The van der Waals surface area contributed by atoms with Crippen molar-refractivity contribution in [3.63, 3.8) is 0 Å². The van der Waals surface area contributed by atoms with Gasteiger partial charge in [-0.3, -0.25) is 4.79 Å². The highest BCUT2D eigenvalue weighted by molar-refractivity contribution is 8.01. The minimum atomic E-state index is 0.0890. The minimum absolute atomic E-state index is 0.0890. The van der Waals surface area contributed by atoms with Crippen molar-refractivity contribution in [3.05, 3.63) is 21.9 Å². The number of nitrogens with one attached hydrogen (secondary N) is 1. The molecular formula is C13H20N2OS2. The first-order valence-corrected chi connectivity index (χ1v) is 8.12. The quantitative estimate of drug-likeness (QED) is 0.844. The Morgan fingerprint density at radius 3 is 2.89 bits per heavy atom. The Morgan fingerprint density at radius 1 is 1.50 bits per heavy atom. The normalized spacial score (nSPS) is 23.9. The van der Waals surface area contributed by atoms with Gasteiger partial charge in [-0.1, -0.05) is 0 Å². The van der Waals surface area contributed by atoms with Crippen LogP contribution in [0.4, 0.5) is 0 Å². The average molecular weight is 284 g/mol. The summed E-state index contributed by atoms with van der Waals surface area (Å²) in [7, 11) is 1.95. The molecule has 1 saturated heterocycles. The third-order valence-corrected chi connectivity index (χ3v) is 5.78. The van der Waals surface area contributed by atoms with E-state index in [0.717, 1.165) is 19.5 Å². The maximum absolute atomic E-state index is 12.2. The Balaban J connectivity index is 2.12. The molecule has 0 aromatic carbocycles. The second-order valence-corrected chi connectivity index (χ2v) is 6.96. The molecule has 0 saturated carbocycles. The molecule has 0 unspecified atom stereocenters. The lowest BCUT2D eigenvalue weighted by atomic mass is 10.2. The van der Waals surface area contributed by atoms with Gasteiger partial charge in [-0.05, 0) is 50.9 Å².